The van der Waals surface area contributed by atoms with Crippen molar-refractivity contribution < 1.29 is 9.53 Å². The monoisotopic (exact) mass is 325 g/mol. The molecule has 0 spiro atoms. The highest BCUT2D eigenvalue weighted by Gasteiger charge is 2.22. The average molecular weight is 325 g/mol. The standard InChI is InChI=1S/C19H23N3O2/c1-20-15-11-13-22(14-12-15)19(23)21-17-9-5-6-10-18(17)24-16-7-3-2-4-8-16/h2-10,15,20H,11-14H2,1H3,(H,21,23). The molecule has 0 bridgehead atoms. The van der Waals surface area contributed by atoms with E-state index in [9.17, 15) is 4.79 Å². The Labute approximate surface area is 142 Å². The first-order valence-corrected chi connectivity index (χ1v) is 8.31. The molecule has 1 aliphatic heterocycles. The number of urea groups is 1. The van der Waals surface area contributed by atoms with Crippen molar-refractivity contribution >= 4 is 11.7 Å². The van der Waals surface area contributed by atoms with Gasteiger partial charge in [-0.2, -0.15) is 0 Å². The summed E-state index contributed by atoms with van der Waals surface area (Å²) in [5, 5.41) is 6.25. The molecule has 1 aliphatic rings. The van der Waals surface area contributed by atoms with Crippen molar-refractivity contribution in [3.8, 4) is 11.5 Å². The Bertz CT molecular complexity index is 667. The van der Waals surface area contributed by atoms with Crippen LogP contribution in [0.25, 0.3) is 0 Å². The summed E-state index contributed by atoms with van der Waals surface area (Å²) in [7, 11) is 1.97. The number of amides is 2. The number of likely N-dealkylation sites (tertiary alicyclic amines) is 1. The van der Waals surface area contributed by atoms with Crippen LogP contribution in [0.3, 0.4) is 0 Å². The van der Waals surface area contributed by atoms with Crippen molar-refractivity contribution in [2.45, 2.75) is 18.9 Å². The summed E-state index contributed by atoms with van der Waals surface area (Å²) in [4.78, 5) is 14.4. The minimum absolute atomic E-state index is 0.0753. The molecule has 0 aromatic heterocycles. The maximum atomic E-state index is 12.5. The fraction of sp³-hybridized carbons (Fsp3) is 0.316. The molecule has 1 fully saturated rings. The van der Waals surface area contributed by atoms with Crippen LogP contribution in [-0.2, 0) is 0 Å². The van der Waals surface area contributed by atoms with Gasteiger partial charge in [0.2, 0.25) is 0 Å². The molecule has 2 amide bonds. The first kappa shape index (κ1) is 16.3. The van der Waals surface area contributed by atoms with Gasteiger partial charge in [-0.25, -0.2) is 4.79 Å². The number of hydrogen-bond donors (Lipinski definition) is 2. The van der Waals surface area contributed by atoms with Crippen molar-refractivity contribution in [3.05, 3.63) is 54.6 Å². The molecule has 1 heterocycles. The molecule has 2 N–H and O–H groups in total. The average Bonchev–Trinajstić information content (AvgIpc) is 2.64. The highest BCUT2D eigenvalue weighted by molar-refractivity contribution is 5.91. The molecule has 0 unspecified atom stereocenters. The van der Waals surface area contributed by atoms with Crippen LogP contribution in [-0.4, -0.2) is 37.1 Å². The van der Waals surface area contributed by atoms with Gasteiger partial charge in [-0.3, -0.25) is 0 Å². The van der Waals surface area contributed by atoms with Crippen LogP contribution < -0.4 is 15.4 Å². The van der Waals surface area contributed by atoms with Gasteiger partial charge in [0.1, 0.15) is 5.75 Å². The second kappa shape index (κ2) is 7.84. The third kappa shape index (κ3) is 4.06. The summed E-state index contributed by atoms with van der Waals surface area (Å²) >= 11 is 0. The lowest BCUT2D eigenvalue weighted by atomic mass is 10.1. The van der Waals surface area contributed by atoms with Gasteiger partial charge >= 0.3 is 6.03 Å². The van der Waals surface area contributed by atoms with Gasteiger partial charge in [-0.15, -0.1) is 0 Å². The summed E-state index contributed by atoms with van der Waals surface area (Å²) in [6.07, 6.45) is 1.96. The predicted molar refractivity (Wildman–Crippen MR) is 95.6 cm³/mol. The molecule has 126 valence electrons. The summed E-state index contributed by atoms with van der Waals surface area (Å²) in [6.45, 7) is 1.53. The third-order valence-electron chi connectivity index (χ3n) is 4.29. The Kier molecular flexibility index (Phi) is 5.33. The molecule has 24 heavy (non-hydrogen) atoms. The first-order valence-electron chi connectivity index (χ1n) is 8.31. The summed E-state index contributed by atoms with van der Waals surface area (Å²) < 4.78 is 5.89. The minimum Gasteiger partial charge on any atom is -0.455 e. The van der Waals surface area contributed by atoms with Gasteiger partial charge in [-0.1, -0.05) is 30.3 Å². The smallest absolute Gasteiger partial charge is 0.321 e. The van der Waals surface area contributed by atoms with Crippen molar-refractivity contribution in [2.24, 2.45) is 0 Å². The lowest BCUT2D eigenvalue weighted by Gasteiger charge is -2.31. The molecule has 0 aliphatic carbocycles. The van der Waals surface area contributed by atoms with Crippen LogP contribution >= 0.6 is 0 Å². The Hall–Kier alpha value is -2.53. The second-order valence-corrected chi connectivity index (χ2v) is 5.89. The fourth-order valence-electron chi connectivity index (χ4n) is 2.84. The highest BCUT2D eigenvalue weighted by Crippen LogP contribution is 2.29. The van der Waals surface area contributed by atoms with E-state index in [4.69, 9.17) is 4.74 Å². The van der Waals surface area contributed by atoms with E-state index >= 15 is 0 Å². The number of para-hydroxylation sites is 3. The van der Waals surface area contributed by atoms with Gasteiger partial charge in [0.25, 0.3) is 0 Å². The zero-order valence-corrected chi connectivity index (χ0v) is 13.9. The van der Waals surface area contributed by atoms with Gasteiger partial charge < -0.3 is 20.3 Å². The molecule has 0 radical (unpaired) electrons. The van der Waals surface area contributed by atoms with Crippen LogP contribution in [0.2, 0.25) is 0 Å². The lowest BCUT2D eigenvalue weighted by Crippen LogP contribution is -2.45. The fourth-order valence-corrected chi connectivity index (χ4v) is 2.84. The molecular formula is C19H23N3O2. The zero-order chi connectivity index (χ0) is 16.8. The van der Waals surface area contributed by atoms with Crippen LogP contribution in [0, 0.1) is 0 Å². The van der Waals surface area contributed by atoms with Crippen molar-refractivity contribution in [1.29, 1.82) is 0 Å². The number of piperidine rings is 1. The van der Waals surface area contributed by atoms with Crippen molar-refractivity contribution in [2.75, 3.05) is 25.5 Å². The number of nitrogens with zero attached hydrogens (tertiary/aromatic N) is 1. The van der Waals surface area contributed by atoms with Crippen LogP contribution in [0.4, 0.5) is 10.5 Å². The number of hydrogen-bond acceptors (Lipinski definition) is 3. The number of carbonyl (C=O) groups is 1. The molecule has 0 saturated carbocycles. The molecule has 2 aromatic rings. The third-order valence-corrected chi connectivity index (χ3v) is 4.29. The predicted octanol–water partition coefficient (Wildman–Crippen LogP) is 3.69. The normalized spacial score (nSPS) is 15.1. The van der Waals surface area contributed by atoms with E-state index < -0.39 is 0 Å². The van der Waals surface area contributed by atoms with E-state index in [1.807, 2.05) is 66.5 Å². The summed E-state index contributed by atoms with van der Waals surface area (Å²) in [5.74, 6) is 1.39. The number of carbonyl (C=O) groups excluding carboxylic acids is 1. The first-order chi connectivity index (χ1) is 11.8. The quantitative estimate of drug-likeness (QED) is 0.901. The van der Waals surface area contributed by atoms with E-state index in [2.05, 4.69) is 10.6 Å². The van der Waals surface area contributed by atoms with Gasteiger partial charge in [-0.05, 0) is 44.2 Å². The topological polar surface area (TPSA) is 53.6 Å². The maximum Gasteiger partial charge on any atom is 0.321 e. The van der Waals surface area contributed by atoms with Gasteiger partial charge in [0.15, 0.2) is 5.75 Å². The van der Waals surface area contributed by atoms with Crippen LogP contribution in [0.1, 0.15) is 12.8 Å². The number of rotatable bonds is 4. The van der Waals surface area contributed by atoms with E-state index in [0.29, 0.717) is 17.5 Å². The highest BCUT2D eigenvalue weighted by atomic mass is 16.5. The van der Waals surface area contributed by atoms with E-state index in [-0.39, 0.29) is 6.03 Å². The molecule has 1 saturated heterocycles. The Morgan fingerprint density at radius 3 is 2.42 bits per heavy atom. The molecule has 5 heteroatoms. The lowest BCUT2D eigenvalue weighted by molar-refractivity contribution is 0.190. The number of ether oxygens (including phenoxy) is 1. The van der Waals surface area contributed by atoms with E-state index in [1.165, 1.54) is 0 Å². The SMILES string of the molecule is CNC1CCN(C(=O)Nc2ccccc2Oc2ccccc2)CC1. The summed E-state index contributed by atoms with van der Waals surface area (Å²) in [6, 6.07) is 17.5. The molecule has 3 rings (SSSR count). The Morgan fingerprint density at radius 2 is 1.71 bits per heavy atom. The Balaban J connectivity index is 1.66. The van der Waals surface area contributed by atoms with Crippen LogP contribution in [0.15, 0.2) is 54.6 Å². The van der Waals surface area contributed by atoms with Crippen molar-refractivity contribution in [3.63, 3.8) is 0 Å². The second-order valence-electron chi connectivity index (χ2n) is 5.89. The molecule has 5 nitrogen and oxygen atoms in total. The van der Waals surface area contributed by atoms with Gasteiger partial charge in [0.05, 0.1) is 5.69 Å². The maximum absolute atomic E-state index is 12.5. The molecular weight excluding hydrogens is 302 g/mol. The molecule has 0 atom stereocenters. The summed E-state index contributed by atoms with van der Waals surface area (Å²) in [5.41, 5.74) is 0.682. The number of benzene rings is 2. The van der Waals surface area contributed by atoms with Crippen LogP contribution in [0.5, 0.6) is 11.5 Å². The minimum atomic E-state index is -0.0753. The van der Waals surface area contributed by atoms with Gasteiger partial charge in [0, 0.05) is 19.1 Å². The van der Waals surface area contributed by atoms with E-state index in [1.54, 1.807) is 0 Å². The van der Waals surface area contributed by atoms with Crippen molar-refractivity contribution in [1.82, 2.24) is 10.2 Å². The Morgan fingerprint density at radius 1 is 1.04 bits per heavy atom. The largest absolute Gasteiger partial charge is 0.455 e. The molecule has 2 aromatic carbocycles. The zero-order valence-electron chi connectivity index (χ0n) is 13.9. The number of nitrogens with one attached hydrogen (secondary N) is 2. The van der Waals surface area contributed by atoms with E-state index in [0.717, 1.165) is 31.7 Å². The number of anilines is 1.